The van der Waals surface area contributed by atoms with Crippen LogP contribution in [-0.4, -0.2) is 74.4 Å². The Labute approximate surface area is 119 Å². The summed E-state index contributed by atoms with van der Waals surface area (Å²) in [5, 5.41) is 3.51. The van der Waals surface area contributed by atoms with E-state index in [4.69, 9.17) is 4.74 Å². The van der Waals surface area contributed by atoms with Gasteiger partial charge < -0.3 is 10.1 Å². The van der Waals surface area contributed by atoms with E-state index in [1.54, 1.807) is 0 Å². The molecular weight excluding hydrogens is 238 g/mol. The van der Waals surface area contributed by atoms with E-state index in [0.717, 1.165) is 32.7 Å². The number of nitrogens with one attached hydrogen (secondary N) is 1. The average Bonchev–Trinajstić information content (AvgIpc) is 2.31. The molecule has 0 saturated carbocycles. The van der Waals surface area contributed by atoms with Crippen LogP contribution in [0.5, 0.6) is 0 Å². The Kier molecular flexibility index (Phi) is 7.29. The SMILES string of the molecule is CC(C)OCCCNCCN1CCN(C)C(C)(C)C1. The average molecular weight is 271 g/mol. The third-order valence-electron chi connectivity index (χ3n) is 3.95. The number of rotatable bonds is 8. The Morgan fingerprint density at radius 2 is 1.95 bits per heavy atom. The molecule has 1 saturated heterocycles. The van der Waals surface area contributed by atoms with Gasteiger partial charge in [-0.05, 0) is 47.7 Å². The van der Waals surface area contributed by atoms with Crippen LogP contribution in [0.3, 0.4) is 0 Å². The molecule has 0 aromatic heterocycles. The first kappa shape index (κ1) is 16.9. The lowest BCUT2D eigenvalue weighted by Crippen LogP contribution is -2.58. The topological polar surface area (TPSA) is 27.7 Å². The monoisotopic (exact) mass is 271 g/mol. The minimum atomic E-state index is 0.309. The largest absolute Gasteiger partial charge is 0.379 e. The summed E-state index contributed by atoms with van der Waals surface area (Å²) >= 11 is 0. The smallest absolute Gasteiger partial charge is 0.0518 e. The summed E-state index contributed by atoms with van der Waals surface area (Å²) in [6, 6.07) is 0. The van der Waals surface area contributed by atoms with Crippen LogP contribution < -0.4 is 5.32 Å². The molecule has 1 aliphatic rings. The molecule has 0 aromatic rings. The quantitative estimate of drug-likeness (QED) is 0.676. The predicted octanol–water partition coefficient (Wildman–Crippen LogP) is 1.42. The van der Waals surface area contributed by atoms with Crippen molar-refractivity contribution in [2.75, 3.05) is 52.9 Å². The summed E-state index contributed by atoms with van der Waals surface area (Å²) in [4.78, 5) is 5.03. The highest BCUT2D eigenvalue weighted by Gasteiger charge is 2.30. The molecule has 0 unspecified atom stereocenters. The number of hydrogen-bond donors (Lipinski definition) is 1. The minimum Gasteiger partial charge on any atom is -0.379 e. The summed E-state index contributed by atoms with van der Waals surface area (Å²) in [6.07, 6.45) is 1.46. The highest BCUT2D eigenvalue weighted by molar-refractivity contribution is 4.88. The van der Waals surface area contributed by atoms with Gasteiger partial charge in [0.25, 0.3) is 0 Å². The fraction of sp³-hybridized carbons (Fsp3) is 1.00. The van der Waals surface area contributed by atoms with Gasteiger partial charge in [-0.3, -0.25) is 9.80 Å². The van der Waals surface area contributed by atoms with Crippen LogP contribution >= 0.6 is 0 Å². The fourth-order valence-electron chi connectivity index (χ4n) is 2.41. The fourth-order valence-corrected chi connectivity index (χ4v) is 2.41. The normalized spacial score (nSPS) is 21.2. The van der Waals surface area contributed by atoms with Crippen molar-refractivity contribution in [1.82, 2.24) is 15.1 Å². The second-order valence-corrected chi connectivity index (χ2v) is 6.53. The molecule has 0 radical (unpaired) electrons. The van der Waals surface area contributed by atoms with E-state index in [-0.39, 0.29) is 0 Å². The van der Waals surface area contributed by atoms with Crippen molar-refractivity contribution in [2.45, 2.75) is 45.8 Å². The third-order valence-corrected chi connectivity index (χ3v) is 3.95. The molecule has 0 atom stereocenters. The number of piperazine rings is 1. The highest BCUT2D eigenvalue weighted by Crippen LogP contribution is 2.18. The van der Waals surface area contributed by atoms with Crippen LogP contribution in [-0.2, 0) is 4.74 Å². The van der Waals surface area contributed by atoms with Gasteiger partial charge in [0.05, 0.1) is 6.10 Å². The lowest BCUT2D eigenvalue weighted by molar-refractivity contribution is 0.0405. The third kappa shape index (κ3) is 6.70. The van der Waals surface area contributed by atoms with E-state index >= 15 is 0 Å². The van der Waals surface area contributed by atoms with E-state index in [2.05, 4.69) is 49.9 Å². The van der Waals surface area contributed by atoms with Crippen molar-refractivity contribution in [2.24, 2.45) is 0 Å². The zero-order valence-electron chi connectivity index (χ0n) is 13.5. The Morgan fingerprint density at radius 3 is 2.58 bits per heavy atom. The van der Waals surface area contributed by atoms with Crippen molar-refractivity contribution in [3.63, 3.8) is 0 Å². The van der Waals surface area contributed by atoms with Crippen molar-refractivity contribution < 1.29 is 4.74 Å². The summed E-state index contributed by atoms with van der Waals surface area (Å²) in [6.45, 7) is 16.5. The number of likely N-dealkylation sites (N-methyl/N-ethyl adjacent to an activating group) is 1. The molecule has 0 amide bonds. The second kappa shape index (κ2) is 8.20. The molecule has 114 valence electrons. The van der Waals surface area contributed by atoms with E-state index in [0.29, 0.717) is 11.6 Å². The maximum atomic E-state index is 5.52. The summed E-state index contributed by atoms with van der Waals surface area (Å²) < 4.78 is 5.52. The molecule has 1 heterocycles. The van der Waals surface area contributed by atoms with Crippen LogP contribution in [0.4, 0.5) is 0 Å². The number of hydrogen-bond acceptors (Lipinski definition) is 4. The summed E-state index contributed by atoms with van der Waals surface area (Å²) in [5.74, 6) is 0. The summed E-state index contributed by atoms with van der Waals surface area (Å²) in [7, 11) is 2.23. The van der Waals surface area contributed by atoms with Gasteiger partial charge in [0.15, 0.2) is 0 Å². The molecule has 19 heavy (non-hydrogen) atoms. The van der Waals surface area contributed by atoms with Crippen molar-refractivity contribution in [1.29, 1.82) is 0 Å². The molecule has 0 aromatic carbocycles. The van der Waals surface area contributed by atoms with E-state index in [1.807, 2.05) is 0 Å². The standard InChI is InChI=1S/C15H33N3O/c1-14(2)19-12-6-7-16-8-9-18-11-10-17(5)15(3,4)13-18/h14,16H,6-13H2,1-5H3. The zero-order valence-corrected chi connectivity index (χ0v) is 13.5. The Morgan fingerprint density at radius 1 is 1.21 bits per heavy atom. The first-order valence-electron chi connectivity index (χ1n) is 7.68. The maximum absolute atomic E-state index is 5.52. The van der Waals surface area contributed by atoms with E-state index in [9.17, 15) is 0 Å². The molecule has 0 aliphatic carbocycles. The molecule has 1 rings (SSSR count). The van der Waals surface area contributed by atoms with Crippen molar-refractivity contribution in [3.05, 3.63) is 0 Å². The van der Waals surface area contributed by atoms with Crippen molar-refractivity contribution in [3.8, 4) is 0 Å². The molecule has 4 nitrogen and oxygen atoms in total. The van der Waals surface area contributed by atoms with Gasteiger partial charge in [-0.15, -0.1) is 0 Å². The van der Waals surface area contributed by atoms with Gasteiger partial charge in [0.1, 0.15) is 0 Å². The molecule has 0 spiro atoms. The van der Waals surface area contributed by atoms with Crippen molar-refractivity contribution >= 4 is 0 Å². The molecule has 1 N–H and O–H groups in total. The second-order valence-electron chi connectivity index (χ2n) is 6.53. The van der Waals surface area contributed by atoms with E-state index < -0.39 is 0 Å². The highest BCUT2D eigenvalue weighted by atomic mass is 16.5. The number of ether oxygens (including phenoxy) is 1. The first-order valence-corrected chi connectivity index (χ1v) is 7.68. The van der Waals surface area contributed by atoms with Gasteiger partial charge in [-0.25, -0.2) is 0 Å². The lowest BCUT2D eigenvalue weighted by atomic mass is 10.00. The zero-order chi connectivity index (χ0) is 14.3. The van der Waals surface area contributed by atoms with Gasteiger partial charge in [-0.1, -0.05) is 0 Å². The van der Waals surface area contributed by atoms with Gasteiger partial charge in [-0.2, -0.15) is 0 Å². The Balaban J connectivity index is 2.01. The minimum absolute atomic E-state index is 0.309. The van der Waals surface area contributed by atoms with Gasteiger partial charge in [0.2, 0.25) is 0 Å². The van der Waals surface area contributed by atoms with Gasteiger partial charge >= 0.3 is 0 Å². The molecular formula is C15H33N3O. The maximum Gasteiger partial charge on any atom is 0.0518 e. The van der Waals surface area contributed by atoms with Crippen LogP contribution in [0.15, 0.2) is 0 Å². The molecule has 1 aliphatic heterocycles. The molecule has 4 heteroatoms. The van der Waals surface area contributed by atoms with Gasteiger partial charge in [0, 0.05) is 44.9 Å². The van der Waals surface area contributed by atoms with Crippen LogP contribution in [0.25, 0.3) is 0 Å². The van der Waals surface area contributed by atoms with E-state index in [1.165, 1.54) is 19.6 Å². The van der Waals surface area contributed by atoms with Crippen LogP contribution in [0, 0.1) is 0 Å². The Hall–Kier alpha value is -0.160. The Bertz CT molecular complexity index is 244. The lowest BCUT2D eigenvalue weighted by Gasteiger charge is -2.45. The van der Waals surface area contributed by atoms with Crippen LogP contribution in [0.1, 0.15) is 34.1 Å². The first-order chi connectivity index (χ1) is 8.92. The molecule has 0 bridgehead atoms. The number of nitrogens with zero attached hydrogens (tertiary/aromatic N) is 2. The molecule has 1 fully saturated rings. The summed E-state index contributed by atoms with van der Waals surface area (Å²) in [5.41, 5.74) is 0.309. The van der Waals surface area contributed by atoms with Crippen LogP contribution in [0.2, 0.25) is 0 Å². The predicted molar refractivity (Wildman–Crippen MR) is 81.7 cm³/mol.